The Hall–Kier alpha value is -1.18. The summed E-state index contributed by atoms with van der Waals surface area (Å²) in [6.45, 7) is 1.26. The molecule has 2 N–H and O–H groups in total. The molecule has 0 saturated carbocycles. The van der Waals surface area contributed by atoms with Crippen LogP contribution < -0.4 is 5.73 Å². The predicted molar refractivity (Wildman–Crippen MR) is 74.2 cm³/mol. The molecule has 0 spiro atoms. The molecule has 0 aromatic heterocycles. The third-order valence-corrected chi connectivity index (χ3v) is 5.34. The SMILES string of the molecule is COCC1CCCN(S(=O)(=O)c2cc(N)ccc2F)C1. The largest absolute Gasteiger partial charge is 0.399 e. The van der Waals surface area contributed by atoms with Crippen molar-refractivity contribution in [1.82, 2.24) is 4.31 Å². The van der Waals surface area contributed by atoms with Gasteiger partial charge in [0.2, 0.25) is 10.0 Å². The molecule has 1 fully saturated rings. The second-order valence-corrected chi connectivity index (χ2v) is 6.92. The lowest BCUT2D eigenvalue weighted by atomic mass is 10.0. The molecule has 20 heavy (non-hydrogen) atoms. The second-order valence-electron chi connectivity index (χ2n) is 5.02. The Balaban J connectivity index is 2.27. The molecule has 0 bridgehead atoms. The molecule has 0 amide bonds. The first-order chi connectivity index (χ1) is 9.45. The molecule has 112 valence electrons. The highest BCUT2D eigenvalue weighted by atomic mass is 32.2. The first-order valence-corrected chi connectivity index (χ1v) is 7.93. The van der Waals surface area contributed by atoms with Crippen molar-refractivity contribution in [2.75, 3.05) is 32.5 Å². The second kappa shape index (κ2) is 6.07. The van der Waals surface area contributed by atoms with E-state index in [0.717, 1.165) is 18.9 Å². The van der Waals surface area contributed by atoms with Gasteiger partial charge < -0.3 is 10.5 Å². The minimum atomic E-state index is -3.84. The number of hydrogen-bond donors (Lipinski definition) is 1. The van der Waals surface area contributed by atoms with Gasteiger partial charge in [0.1, 0.15) is 10.7 Å². The predicted octanol–water partition coefficient (Wildman–Crippen LogP) is 1.45. The van der Waals surface area contributed by atoms with Crippen LogP contribution in [0.25, 0.3) is 0 Å². The Kier molecular flexibility index (Phi) is 4.62. The maximum absolute atomic E-state index is 13.8. The lowest BCUT2D eigenvalue weighted by molar-refractivity contribution is 0.118. The molecular weight excluding hydrogens is 283 g/mol. The summed E-state index contributed by atoms with van der Waals surface area (Å²) in [7, 11) is -2.26. The Bertz CT molecular complexity index is 575. The van der Waals surface area contributed by atoms with Crippen LogP contribution in [0.3, 0.4) is 0 Å². The smallest absolute Gasteiger partial charge is 0.246 e. The topological polar surface area (TPSA) is 72.6 Å². The van der Waals surface area contributed by atoms with Gasteiger partial charge in [-0.25, -0.2) is 12.8 Å². The van der Waals surface area contributed by atoms with Crippen molar-refractivity contribution in [3.05, 3.63) is 24.0 Å². The molecule has 0 radical (unpaired) electrons. The van der Waals surface area contributed by atoms with E-state index in [0.29, 0.717) is 19.7 Å². The summed E-state index contributed by atoms with van der Waals surface area (Å²) in [5, 5.41) is 0. The molecule has 7 heteroatoms. The molecule has 1 unspecified atom stereocenters. The van der Waals surface area contributed by atoms with Crippen LogP contribution in [0.15, 0.2) is 23.1 Å². The van der Waals surface area contributed by atoms with Gasteiger partial charge in [-0.05, 0) is 37.0 Å². The van der Waals surface area contributed by atoms with E-state index in [1.165, 1.54) is 16.4 Å². The fraction of sp³-hybridized carbons (Fsp3) is 0.538. The van der Waals surface area contributed by atoms with Gasteiger partial charge in [-0.1, -0.05) is 0 Å². The number of hydrogen-bond acceptors (Lipinski definition) is 4. The van der Waals surface area contributed by atoms with Crippen molar-refractivity contribution in [2.45, 2.75) is 17.7 Å². The minimum Gasteiger partial charge on any atom is -0.399 e. The summed E-state index contributed by atoms with van der Waals surface area (Å²) >= 11 is 0. The molecule has 1 heterocycles. The Labute approximate surface area is 118 Å². The summed E-state index contributed by atoms with van der Waals surface area (Å²) in [6.07, 6.45) is 1.66. The Morgan fingerprint density at radius 1 is 1.50 bits per heavy atom. The van der Waals surface area contributed by atoms with Gasteiger partial charge >= 0.3 is 0 Å². The molecule has 0 aliphatic carbocycles. The minimum absolute atomic E-state index is 0.146. The van der Waals surface area contributed by atoms with Crippen molar-refractivity contribution >= 4 is 15.7 Å². The van der Waals surface area contributed by atoms with E-state index in [-0.39, 0.29) is 16.5 Å². The fourth-order valence-corrected chi connectivity index (χ4v) is 4.13. The van der Waals surface area contributed by atoms with E-state index in [4.69, 9.17) is 10.5 Å². The quantitative estimate of drug-likeness (QED) is 0.855. The molecule has 5 nitrogen and oxygen atoms in total. The highest BCUT2D eigenvalue weighted by Crippen LogP contribution is 2.26. The normalized spacial score (nSPS) is 21.0. The maximum Gasteiger partial charge on any atom is 0.246 e. The molecule has 1 aliphatic rings. The van der Waals surface area contributed by atoms with Crippen molar-refractivity contribution < 1.29 is 17.5 Å². The van der Waals surface area contributed by atoms with Gasteiger partial charge in [0.15, 0.2) is 0 Å². The fourth-order valence-electron chi connectivity index (χ4n) is 2.47. The summed E-state index contributed by atoms with van der Waals surface area (Å²) < 4.78 is 45.2. The molecule has 1 aliphatic heterocycles. The van der Waals surface area contributed by atoms with Gasteiger partial charge in [-0.15, -0.1) is 0 Å². The standard InChI is InChI=1S/C13H19FN2O3S/c1-19-9-10-3-2-6-16(8-10)20(17,18)13-7-11(15)4-5-12(13)14/h4-5,7,10H,2-3,6,8-9,15H2,1H3. The van der Waals surface area contributed by atoms with Crippen LogP contribution in [0.2, 0.25) is 0 Å². The van der Waals surface area contributed by atoms with Crippen LogP contribution in [0.4, 0.5) is 10.1 Å². The number of rotatable bonds is 4. The zero-order valence-electron chi connectivity index (χ0n) is 11.4. The summed E-state index contributed by atoms with van der Waals surface area (Å²) in [6, 6.07) is 3.60. The van der Waals surface area contributed by atoms with Crippen LogP contribution in [0.5, 0.6) is 0 Å². The van der Waals surface area contributed by atoms with Crippen molar-refractivity contribution in [3.8, 4) is 0 Å². The van der Waals surface area contributed by atoms with Gasteiger partial charge in [-0.3, -0.25) is 0 Å². The molecular formula is C13H19FN2O3S. The number of sulfonamides is 1. The highest BCUT2D eigenvalue weighted by Gasteiger charge is 2.32. The number of methoxy groups -OCH3 is 1. The van der Waals surface area contributed by atoms with Gasteiger partial charge in [0.05, 0.1) is 6.61 Å². The van der Waals surface area contributed by atoms with Gasteiger partial charge in [0.25, 0.3) is 0 Å². The first kappa shape index (κ1) is 15.2. The number of piperidine rings is 1. The lowest BCUT2D eigenvalue weighted by Crippen LogP contribution is -2.41. The Morgan fingerprint density at radius 3 is 2.95 bits per heavy atom. The third kappa shape index (κ3) is 3.11. The van der Waals surface area contributed by atoms with E-state index in [1.807, 2.05) is 0 Å². The maximum atomic E-state index is 13.8. The van der Waals surface area contributed by atoms with E-state index in [1.54, 1.807) is 7.11 Å². The van der Waals surface area contributed by atoms with Crippen LogP contribution in [0.1, 0.15) is 12.8 Å². The number of nitrogen functional groups attached to an aromatic ring is 1. The first-order valence-electron chi connectivity index (χ1n) is 6.49. The zero-order valence-corrected chi connectivity index (χ0v) is 12.2. The van der Waals surface area contributed by atoms with E-state index in [2.05, 4.69) is 0 Å². The van der Waals surface area contributed by atoms with Crippen LogP contribution in [0, 0.1) is 11.7 Å². The van der Waals surface area contributed by atoms with Gasteiger partial charge in [0, 0.05) is 25.9 Å². The average Bonchev–Trinajstić information content (AvgIpc) is 2.42. The third-order valence-electron chi connectivity index (χ3n) is 3.46. The highest BCUT2D eigenvalue weighted by molar-refractivity contribution is 7.89. The molecule has 1 aromatic rings. The lowest BCUT2D eigenvalue weighted by Gasteiger charge is -2.31. The van der Waals surface area contributed by atoms with Crippen LogP contribution in [-0.4, -0.2) is 39.5 Å². The van der Waals surface area contributed by atoms with Crippen LogP contribution in [-0.2, 0) is 14.8 Å². The monoisotopic (exact) mass is 302 g/mol. The summed E-state index contributed by atoms with van der Waals surface area (Å²) in [5.41, 5.74) is 5.79. The Morgan fingerprint density at radius 2 is 2.25 bits per heavy atom. The van der Waals surface area contributed by atoms with E-state index < -0.39 is 15.8 Å². The summed E-state index contributed by atoms with van der Waals surface area (Å²) in [5.74, 6) is -0.624. The number of nitrogens with two attached hydrogens (primary N) is 1. The number of benzene rings is 1. The molecule has 1 saturated heterocycles. The molecule has 1 atom stereocenters. The van der Waals surface area contributed by atoms with E-state index in [9.17, 15) is 12.8 Å². The van der Waals surface area contributed by atoms with Crippen molar-refractivity contribution in [3.63, 3.8) is 0 Å². The van der Waals surface area contributed by atoms with Gasteiger partial charge in [-0.2, -0.15) is 4.31 Å². The average molecular weight is 302 g/mol. The molecule has 1 aromatic carbocycles. The molecule has 2 rings (SSSR count). The van der Waals surface area contributed by atoms with Crippen LogP contribution >= 0.6 is 0 Å². The number of anilines is 1. The number of halogens is 1. The number of ether oxygens (including phenoxy) is 1. The zero-order chi connectivity index (χ0) is 14.8. The van der Waals surface area contributed by atoms with Crippen molar-refractivity contribution in [1.29, 1.82) is 0 Å². The summed E-state index contributed by atoms with van der Waals surface area (Å²) in [4.78, 5) is -0.351. The van der Waals surface area contributed by atoms with E-state index >= 15 is 0 Å². The van der Waals surface area contributed by atoms with Crippen molar-refractivity contribution in [2.24, 2.45) is 5.92 Å². The number of nitrogens with zero attached hydrogens (tertiary/aromatic N) is 1.